The Hall–Kier alpha value is -0.240. The second kappa shape index (κ2) is 5.81. The van der Waals surface area contributed by atoms with Gasteiger partial charge in [0.25, 0.3) is 0 Å². The molecule has 3 heteroatoms. The van der Waals surface area contributed by atoms with Crippen LogP contribution >= 0.6 is 24.0 Å². The maximum atomic E-state index is 5.96. The lowest BCUT2D eigenvalue weighted by Crippen LogP contribution is -2.38. The maximum absolute atomic E-state index is 5.96. The second-order valence-corrected chi connectivity index (χ2v) is 5.87. The summed E-state index contributed by atoms with van der Waals surface area (Å²) in [6.45, 7) is 2.34. The highest BCUT2D eigenvalue weighted by Crippen LogP contribution is 2.51. The van der Waals surface area contributed by atoms with E-state index in [1.165, 1.54) is 32.4 Å². The molecule has 1 aliphatic carbocycles. The van der Waals surface area contributed by atoms with Crippen LogP contribution in [-0.4, -0.2) is 19.0 Å². The van der Waals surface area contributed by atoms with Gasteiger partial charge in [0, 0.05) is 5.88 Å². The molecule has 1 nitrogen and oxygen atoms in total. The number of halogens is 2. The molecule has 1 heterocycles. The molecule has 0 amide bonds. The fourth-order valence-corrected chi connectivity index (χ4v) is 4.06. The minimum Gasteiger partial charge on any atom is -0.317 e. The Balaban J connectivity index is 0.00000120. The topological polar surface area (TPSA) is 12.0 Å². The number of hydrogen-bond donors (Lipinski definition) is 1. The molecule has 1 unspecified atom stereocenters. The molecule has 1 aromatic carbocycles. The molecule has 3 rings (SSSR count). The van der Waals surface area contributed by atoms with E-state index in [0.29, 0.717) is 11.3 Å². The summed E-state index contributed by atoms with van der Waals surface area (Å²) >= 11 is 5.96. The Morgan fingerprint density at radius 2 is 1.94 bits per heavy atom. The van der Waals surface area contributed by atoms with Crippen LogP contribution in [0.15, 0.2) is 24.3 Å². The summed E-state index contributed by atoms with van der Waals surface area (Å²) in [5.74, 6) is 1.48. The third-order valence-electron chi connectivity index (χ3n) is 4.63. The average molecular weight is 286 g/mol. The molecule has 1 aromatic rings. The van der Waals surface area contributed by atoms with Crippen LogP contribution in [0.3, 0.4) is 0 Å². The molecule has 1 aliphatic heterocycles. The summed E-state index contributed by atoms with van der Waals surface area (Å²) in [5.41, 5.74) is 3.66. The smallest absolute Gasteiger partial charge is 0.0229 e. The van der Waals surface area contributed by atoms with Gasteiger partial charge in [-0.3, -0.25) is 0 Å². The van der Waals surface area contributed by atoms with Gasteiger partial charge in [-0.25, -0.2) is 0 Å². The number of fused-ring (bicyclic) bond motifs is 2. The summed E-state index contributed by atoms with van der Waals surface area (Å²) in [6.07, 6.45) is 5.04. The van der Waals surface area contributed by atoms with Crippen molar-refractivity contribution in [3.8, 4) is 0 Å². The van der Waals surface area contributed by atoms with Gasteiger partial charge >= 0.3 is 0 Å². The highest BCUT2D eigenvalue weighted by molar-refractivity contribution is 6.17. The molecule has 100 valence electrons. The van der Waals surface area contributed by atoms with Crippen molar-refractivity contribution in [1.82, 2.24) is 5.32 Å². The lowest BCUT2D eigenvalue weighted by molar-refractivity contribution is 0.292. The van der Waals surface area contributed by atoms with E-state index in [0.717, 1.165) is 12.3 Å². The SMILES string of the molecule is Cl.ClCCC1CC2(CCNCC2)c2ccccc21. The predicted octanol–water partition coefficient (Wildman–Crippen LogP) is 3.85. The van der Waals surface area contributed by atoms with Crippen LogP contribution in [0.25, 0.3) is 0 Å². The van der Waals surface area contributed by atoms with Crippen molar-refractivity contribution in [1.29, 1.82) is 0 Å². The van der Waals surface area contributed by atoms with E-state index in [1.807, 2.05) is 0 Å². The van der Waals surface area contributed by atoms with Crippen molar-refractivity contribution in [3.63, 3.8) is 0 Å². The molecule has 18 heavy (non-hydrogen) atoms. The summed E-state index contributed by atoms with van der Waals surface area (Å²) in [7, 11) is 0. The van der Waals surface area contributed by atoms with Crippen LogP contribution in [0.2, 0.25) is 0 Å². The summed E-state index contributed by atoms with van der Waals surface area (Å²) < 4.78 is 0. The van der Waals surface area contributed by atoms with Crippen molar-refractivity contribution in [2.75, 3.05) is 19.0 Å². The van der Waals surface area contributed by atoms with Gasteiger partial charge < -0.3 is 5.32 Å². The van der Waals surface area contributed by atoms with E-state index in [9.17, 15) is 0 Å². The first-order valence-electron chi connectivity index (χ1n) is 6.72. The highest BCUT2D eigenvalue weighted by atomic mass is 35.5. The molecule has 1 fully saturated rings. The van der Waals surface area contributed by atoms with Crippen molar-refractivity contribution >= 4 is 24.0 Å². The molecular formula is C15H21Cl2N. The zero-order valence-corrected chi connectivity index (χ0v) is 12.2. The minimum atomic E-state index is 0. The number of rotatable bonds is 2. The Morgan fingerprint density at radius 3 is 2.67 bits per heavy atom. The lowest BCUT2D eigenvalue weighted by atomic mass is 9.74. The molecule has 1 atom stereocenters. The van der Waals surface area contributed by atoms with Gasteiger partial charge in [0.05, 0.1) is 0 Å². The van der Waals surface area contributed by atoms with Gasteiger partial charge in [0.2, 0.25) is 0 Å². The van der Waals surface area contributed by atoms with E-state index in [2.05, 4.69) is 29.6 Å². The van der Waals surface area contributed by atoms with Gasteiger partial charge in [0.1, 0.15) is 0 Å². The summed E-state index contributed by atoms with van der Waals surface area (Å²) in [4.78, 5) is 0. The lowest BCUT2D eigenvalue weighted by Gasteiger charge is -2.35. The van der Waals surface area contributed by atoms with E-state index in [-0.39, 0.29) is 12.4 Å². The fraction of sp³-hybridized carbons (Fsp3) is 0.600. The van der Waals surface area contributed by atoms with Crippen LogP contribution in [0.4, 0.5) is 0 Å². The molecule has 0 saturated carbocycles. The van der Waals surface area contributed by atoms with Crippen molar-refractivity contribution in [3.05, 3.63) is 35.4 Å². The van der Waals surface area contributed by atoms with Gasteiger partial charge in [-0.15, -0.1) is 24.0 Å². The quantitative estimate of drug-likeness (QED) is 0.814. The van der Waals surface area contributed by atoms with E-state index >= 15 is 0 Å². The Bertz CT molecular complexity index is 399. The van der Waals surface area contributed by atoms with Crippen LogP contribution in [0.5, 0.6) is 0 Å². The van der Waals surface area contributed by atoms with Gasteiger partial charge in [-0.05, 0) is 61.2 Å². The molecule has 0 radical (unpaired) electrons. The molecule has 0 aromatic heterocycles. The molecule has 2 aliphatic rings. The van der Waals surface area contributed by atoms with Crippen LogP contribution in [-0.2, 0) is 5.41 Å². The monoisotopic (exact) mass is 285 g/mol. The van der Waals surface area contributed by atoms with Gasteiger partial charge in [-0.2, -0.15) is 0 Å². The zero-order valence-electron chi connectivity index (χ0n) is 10.6. The molecule has 1 saturated heterocycles. The zero-order chi connectivity index (χ0) is 11.7. The minimum absolute atomic E-state index is 0. The largest absolute Gasteiger partial charge is 0.317 e. The number of benzene rings is 1. The van der Waals surface area contributed by atoms with Gasteiger partial charge in [-0.1, -0.05) is 24.3 Å². The Morgan fingerprint density at radius 1 is 1.22 bits per heavy atom. The van der Waals surface area contributed by atoms with E-state index < -0.39 is 0 Å². The Labute approximate surface area is 121 Å². The van der Waals surface area contributed by atoms with Crippen molar-refractivity contribution in [2.45, 2.75) is 37.0 Å². The number of hydrogen-bond acceptors (Lipinski definition) is 1. The summed E-state index contributed by atoms with van der Waals surface area (Å²) in [6, 6.07) is 9.06. The van der Waals surface area contributed by atoms with Crippen molar-refractivity contribution < 1.29 is 0 Å². The average Bonchev–Trinajstić information content (AvgIpc) is 2.66. The predicted molar refractivity (Wildman–Crippen MR) is 80.2 cm³/mol. The first-order chi connectivity index (χ1) is 8.36. The second-order valence-electron chi connectivity index (χ2n) is 5.50. The number of alkyl halides is 1. The number of piperidine rings is 1. The molecule has 0 bridgehead atoms. The Kier molecular flexibility index (Phi) is 4.58. The molecule has 1 spiro atoms. The highest BCUT2D eigenvalue weighted by Gasteiger charge is 2.43. The first-order valence-corrected chi connectivity index (χ1v) is 7.25. The first kappa shape index (κ1) is 14.2. The maximum Gasteiger partial charge on any atom is 0.0229 e. The normalized spacial score (nSPS) is 24.6. The fourth-order valence-electron chi connectivity index (χ4n) is 3.80. The van der Waals surface area contributed by atoms with Crippen LogP contribution < -0.4 is 5.32 Å². The van der Waals surface area contributed by atoms with Crippen molar-refractivity contribution in [2.24, 2.45) is 0 Å². The molecular weight excluding hydrogens is 265 g/mol. The standard InChI is InChI=1S/C15H20ClN.ClH/c16-8-5-12-11-15(6-9-17-10-7-15)14-4-2-1-3-13(12)14;/h1-4,12,17H,5-11H2;1H. The third-order valence-corrected chi connectivity index (χ3v) is 4.85. The van der Waals surface area contributed by atoms with Crippen LogP contribution in [0.1, 0.15) is 42.7 Å². The molecule has 1 N–H and O–H groups in total. The number of nitrogens with one attached hydrogen (secondary N) is 1. The third kappa shape index (κ3) is 2.29. The van der Waals surface area contributed by atoms with Gasteiger partial charge in [0.15, 0.2) is 0 Å². The van der Waals surface area contributed by atoms with Crippen LogP contribution in [0, 0.1) is 0 Å². The van der Waals surface area contributed by atoms with E-state index in [4.69, 9.17) is 11.6 Å². The van der Waals surface area contributed by atoms with E-state index in [1.54, 1.807) is 11.1 Å². The summed E-state index contributed by atoms with van der Waals surface area (Å²) in [5, 5.41) is 3.49.